The van der Waals surface area contributed by atoms with Crippen LogP contribution in [0.5, 0.6) is 0 Å². The summed E-state index contributed by atoms with van der Waals surface area (Å²) in [5.41, 5.74) is 0. The van der Waals surface area contributed by atoms with E-state index in [0.717, 1.165) is 0 Å². The second kappa shape index (κ2) is 7.02. The van der Waals surface area contributed by atoms with Crippen molar-refractivity contribution in [1.82, 2.24) is 0 Å². The molecule has 0 amide bonds. The van der Waals surface area contributed by atoms with Crippen LogP contribution in [0.1, 0.15) is 0 Å². The highest BCUT2D eigenvalue weighted by Gasteiger charge is 1.98. The van der Waals surface area contributed by atoms with Crippen LogP contribution in [0, 0.1) is 0 Å². The molecule has 3 nitrogen and oxygen atoms in total. The van der Waals surface area contributed by atoms with E-state index >= 15 is 0 Å². The molecule has 0 N–H and O–H groups in total. The van der Waals surface area contributed by atoms with Crippen molar-refractivity contribution in [3.05, 3.63) is 25.3 Å². The van der Waals surface area contributed by atoms with Crippen LogP contribution in [0.2, 0.25) is 0 Å². The predicted molar refractivity (Wildman–Crippen MR) is 42.2 cm³/mol. The average molecular weight is 156 g/mol. The molecule has 0 radical (unpaired) electrons. The minimum absolute atomic E-state index is 0.0279. The molecule has 0 unspecified atom stereocenters. The lowest BCUT2D eigenvalue weighted by molar-refractivity contribution is -0.147. The highest BCUT2D eigenvalue weighted by Crippen LogP contribution is 1.81. The summed E-state index contributed by atoms with van der Waals surface area (Å²) in [4.78, 5) is 10.6. The summed E-state index contributed by atoms with van der Waals surface area (Å²) in [5.74, 6) is -0.383. The molecule has 0 saturated heterocycles. The van der Waals surface area contributed by atoms with E-state index in [2.05, 4.69) is 17.9 Å². The summed E-state index contributed by atoms with van der Waals surface area (Å²) < 4.78 is 9.44. The van der Waals surface area contributed by atoms with E-state index in [9.17, 15) is 4.79 Å². The van der Waals surface area contributed by atoms with Crippen molar-refractivity contribution in [2.75, 3.05) is 19.8 Å². The van der Waals surface area contributed by atoms with Crippen LogP contribution < -0.4 is 0 Å². The fourth-order valence-corrected chi connectivity index (χ4v) is 0.419. The fourth-order valence-electron chi connectivity index (χ4n) is 0.419. The predicted octanol–water partition coefficient (Wildman–Crippen LogP) is 0.918. The van der Waals surface area contributed by atoms with Gasteiger partial charge in [-0.05, 0) is 0 Å². The number of hydrogen-bond donors (Lipinski definition) is 0. The first-order valence-corrected chi connectivity index (χ1v) is 3.26. The molecule has 0 rings (SSSR count). The fraction of sp³-hybridized carbons (Fsp3) is 0.375. The van der Waals surface area contributed by atoms with Crippen molar-refractivity contribution in [3.63, 3.8) is 0 Å². The van der Waals surface area contributed by atoms with Gasteiger partial charge in [-0.2, -0.15) is 0 Å². The number of esters is 1. The van der Waals surface area contributed by atoms with Gasteiger partial charge in [-0.3, -0.25) is 0 Å². The van der Waals surface area contributed by atoms with Crippen LogP contribution in [0.15, 0.2) is 25.3 Å². The molecular formula is C8H12O3. The van der Waals surface area contributed by atoms with Gasteiger partial charge in [-0.25, -0.2) is 4.79 Å². The van der Waals surface area contributed by atoms with Crippen molar-refractivity contribution in [1.29, 1.82) is 0 Å². The van der Waals surface area contributed by atoms with Crippen LogP contribution in [-0.2, 0) is 14.3 Å². The molecule has 0 saturated carbocycles. The number of hydrogen-bond acceptors (Lipinski definition) is 3. The molecule has 0 spiro atoms. The van der Waals surface area contributed by atoms with E-state index in [-0.39, 0.29) is 19.2 Å². The first-order valence-electron chi connectivity index (χ1n) is 3.26. The van der Waals surface area contributed by atoms with Crippen LogP contribution >= 0.6 is 0 Å². The van der Waals surface area contributed by atoms with Gasteiger partial charge in [0.2, 0.25) is 0 Å². The third-order valence-electron chi connectivity index (χ3n) is 0.818. The van der Waals surface area contributed by atoms with Gasteiger partial charge in [0.15, 0.2) is 0 Å². The van der Waals surface area contributed by atoms with Gasteiger partial charge in [0, 0.05) is 0 Å². The third-order valence-corrected chi connectivity index (χ3v) is 0.818. The van der Waals surface area contributed by atoms with Gasteiger partial charge in [0.1, 0.15) is 13.2 Å². The molecule has 0 atom stereocenters. The zero-order valence-electron chi connectivity index (χ0n) is 6.41. The molecule has 3 heteroatoms. The van der Waals surface area contributed by atoms with Crippen molar-refractivity contribution in [2.45, 2.75) is 0 Å². The number of ether oxygens (including phenoxy) is 2. The Balaban J connectivity index is 3.21. The van der Waals surface area contributed by atoms with Crippen LogP contribution in [0.25, 0.3) is 0 Å². The highest BCUT2D eigenvalue weighted by molar-refractivity contribution is 5.70. The monoisotopic (exact) mass is 156 g/mol. The zero-order chi connectivity index (χ0) is 8.53. The Morgan fingerprint density at radius 1 is 1.27 bits per heavy atom. The Hall–Kier alpha value is -1.09. The summed E-state index contributed by atoms with van der Waals surface area (Å²) in [6, 6.07) is 0. The van der Waals surface area contributed by atoms with Gasteiger partial charge in [0.25, 0.3) is 0 Å². The highest BCUT2D eigenvalue weighted by atomic mass is 16.6. The van der Waals surface area contributed by atoms with E-state index < -0.39 is 0 Å². The summed E-state index contributed by atoms with van der Waals surface area (Å²) in [6.45, 7) is 7.39. The number of rotatable bonds is 6. The van der Waals surface area contributed by atoms with Crippen LogP contribution in [0.4, 0.5) is 0 Å². The molecule has 0 aliphatic carbocycles. The van der Waals surface area contributed by atoms with E-state index in [4.69, 9.17) is 4.74 Å². The Morgan fingerprint density at radius 2 is 1.91 bits per heavy atom. The topological polar surface area (TPSA) is 35.5 Å². The van der Waals surface area contributed by atoms with E-state index in [0.29, 0.717) is 6.61 Å². The van der Waals surface area contributed by atoms with Crippen molar-refractivity contribution < 1.29 is 14.3 Å². The summed E-state index contributed by atoms with van der Waals surface area (Å²) in [7, 11) is 0. The summed E-state index contributed by atoms with van der Waals surface area (Å²) in [6.07, 6.45) is 3.08. The number of carbonyl (C=O) groups excluding carboxylic acids is 1. The van der Waals surface area contributed by atoms with Crippen molar-refractivity contribution in [3.8, 4) is 0 Å². The Morgan fingerprint density at radius 3 is 2.45 bits per heavy atom. The van der Waals surface area contributed by atoms with E-state index in [1.165, 1.54) is 6.08 Å². The second-order valence-electron chi connectivity index (χ2n) is 1.78. The van der Waals surface area contributed by atoms with Crippen molar-refractivity contribution in [2.24, 2.45) is 0 Å². The van der Waals surface area contributed by atoms with Gasteiger partial charge >= 0.3 is 5.97 Å². The van der Waals surface area contributed by atoms with E-state index in [1.807, 2.05) is 0 Å². The van der Waals surface area contributed by atoms with Gasteiger partial charge in [-0.15, -0.1) is 6.58 Å². The molecule has 0 aromatic rings. The Labute approximate surface area is 66.3 Å². The standard InChI is InChI=1S/C8H12O3/c1-3-5-10-7-8(9)11-6-4-2/h3-4H,1-2,5-7H2. The van der Waals surface area contributed by atoms with Crippen LogP contribution in [-0.4, -0.2) is 25.8 Å². The van der Waals surface area contributed by atoms with Crippen molar-refractivity contribution >= 4 is 5.97 Å². The minimum atomic E-state index is -0.383. The normalized spacial score (nSPS) is 8.73. The minimum Gasteiger partial charge on any atom is -0.460 e. The lowest BCUT2D eigenvalue weighted by Gasteiger charge is -2.00. The number of carbonyl (C=O) groups is 1. The second-order valence-corrected chi connectivity index (χ2v) is 1.78. The third kappa shape index (κ3) is 6.80. The Kier molecular flexibility index (Phi) is 6.33. The smallest absolute Gasteiger partial charge is 0.332 e. The molecule has 0 aromatic carbocycles. The first-order chi connectivity index (χ1) is 5.31. The maximum atomic E-state index is 10.6. The van der Waals surface area contributed by atoms with Gasteiger partial charge in [-0.1, -0.05) is 18.7 Å². The molecule has 0 aliphatic heterocycles. The van der Waals surface area contributed by atoms with Gasteiger partial charge in [0.05, 0.1) is 6.61 Å². The Bertz CT molecular complexity index is 140. The molecule has 0 heterocycles. The largest absolute Gasteiger partial charge is 0.460 e. The van der Waals surface area contributed by atoms with Crippen LogP contribution in [0.3, 0.4) is 0 Å². The average Bonchev–Trinajstić information content (AvgIpc) is 2.01. The lowest BCUT2D eigenvalue weighted by atomic mass is 10.6. The molecule has 0 fully saturated rings. The summed E-state index contributed by atoms with van der Waals surface area (Å²) >= 11 is 0. The van der Waals surface area contributed by atoms with E-state index in [1.54, 1.807) is 6.08 Å². The molecule has 0 bridgehead atoms. The first kappa shape index (κ1) is 9.91. The molecule has 11 heavy (non-hydrogen) atoms. The maximum Gasteiger partial charge on any atom is 0.332 e. The molecule has 62 valence electrons. The SMILES string of the molecule is C=CCOCC(=O)OCC=C. The quantitative estimate of drug-likeness (QED) is 0.326. The molecule has 0 aliphatic rings. The lowest BCUT2D eigenvalue weighted by Crippen LogP contribution is -2.12. The van der Waals surface area contributed by atoms with Gasteiger partial charge < -0.3 is 9.47 Å². The molecule has 0 aromatic heterocycles. The maximum absolute atomic E-state index is 10.6. The summed E-state index contributed by atoms with van der Waals surface area (Å²) in [5, 5.41) is 0. The zero-order valence-corrected chi connectivity index (χ0v) is 6.41. The molecular weight excluding hydrogens is 144 g/mol.